The SMILES string of the molecule is O=C(CC1c2ccccc2OC(=O)N1c1ccc(F)cc1)c1ccccc1. The number of para-hydroxylation sites is 1. The van der Waals surface area contributed by atoms with E-state index >= 15 is 0 Å². The standard InChI is InChI=1S/C22H16FNO3/c23-16-10-12-17(13-11-16)24-19(14-20(25)15-6-2-1-3-7-15)18-8-4-5-9-21(18)27-22(24)26/h1-13,19H,14H2. The fourth-order valence-corrected chi connectivity index (χ4v) is 3.26. The molecule has 3 aromatic rings. The lowest BCUT2D eigenvalue weighted by molar-refractivity contribution is 0.0971. The van der Waals surface area contributed by atoms with Crippen molar-refractivity contribution in [2.45, 2.75) is 12.5 Å². The zero-order chi connectivity index (χ0) is 18.8. The van der Waals surface area contributed by atoms with E-state index in [2.05, 4.69) is 0 Å². The van der Waals surface area contributed by atoms with Crippen LogP contribution in [-0.4, -0.2) is 11.9 Å². The molecule has 0 saturated carbocycles. The molecule has 0 aromatic heterocycles. The zero-order valence-corrected chi connectivity index (χ0v) is 14.3. The quantitative estimate of drug-likeness (QED) is 0.603. The van der Waals surface area contributed by atoms with Crippen LogP contribution in [0.1, 0.15) is 28.4 Å². The number of rotatable bonds is 4. The first kappa shape index (κ1) is 17.0. The van der Waals surface area contributed by atoms with Crippen molar-refractivity contribution >= 4 is 17.6 Å². The van der Waals surface area contributed by atoms with Gasteiger partial charge < -0.3 is 4.74 Å². The Kier molecular flexibility index (Phi) is 4.42. The van der Waals surface area contributed by atoms with Crippen molar-refractivity contribution in [2.24, 2.45) is 0 Å². The van der Waals surface area contributed by atoms with Crippen molar-refractivity contribution in [2.75, 3.05) is 4.90 Å². The van der Waals surface area contributed by atoms with E-state index < -0.39 is 18.0 Å². The van der Waals surface area contributed by atoms with E-state index in [9.17, 15) is 14.0 Å². The maximum atomic E-state index is 13.3. The number of amides is 1. The molecule has 1 amide bonds. The molecule has 1 unspecified atom stereocenters. The molecule has 4 rings (SSSR count). The second-order valence-corrected chi connectivity index (χ2v) is 6.26. The first-order valence-electron chi connectivity index (χ1n) is 8.57. The summed E-state index contributed by atoms with van der Waals surface area (Å²) in [6, 6.07) is 21.1. The first-order chi connectivity index (χ1) is 13.1. The summed E-state index contributed by atoms with van der Waals surface area (Å²) >= 11 is 0. The number of ketones is 1. The Hall–Kier alpha value is -3.47. The highest BCUT2D eigenvalue weighted by Crippen LogP contribution is 2.40. The van der Waals surface area contributed by atoms with E-state index in [1.807, 2.05) is 18.2 Å². The van der Waals surface area contributed by atoms with Gasteiger partial charge in [0.2, 0.25) is 0 Å². The number of ether oxygens (including phenoxy) is 1. The van der Waals surface area contributed by atoms with Crippen molar-refractivity contribution in [3.05, 3.63) is 95.8 Å². The molecule has 1 atom stereocenters. The van der Waals surface area contributed by atoms with Crippen LogP contribution in [0.4, 0.5) is 14.9 Å². The van der Waals surface area contributed by atoms with Gasteiger partial charge in [-0.1, -0.05) is 48.5 Å². The van der Waals surface area contributed by atoms with Crippen molar-refractivity contribution < 1.29 is 18.7 Å². The Morgan fingerprint density at radius 2 is 1.59 bits per heavy atom. The second-order valence-electron chi connectivity index (χ2n) is 6.26. The lowest BCUT2D eigenvalue weighted by Crippen LogP contribution is -2.42. The van der Waals surface area contributed by atoms with Crippen LogP contribution >= 0.6 is 0 Å². The van der Waals surface area contributed by atoms with E-state index in [4.69, 9.17) is 4.74 Å². The number of benzene rings is 3. The largest absolute Gasteiger partial charge is 0.420 e. The lowest BCUT2D eigenvalue weighted by atomic mass is 9.94. The van der Waals surface area contributed by atoms with E-state index in [-0.39, 0.29) is 12.2 Å². The topological polar surface area (TPSA) is 46.6 Å². The molecular weight excluding hydrogens is 345 g/mol. The van der Waals surface area contributed by atoms with Crippen molar-refractivity contribution in [3.63, 3.8) is 0 Å². The van der Waals surface area contributed by atoms with Crippen molar-refractivity contribution in [1.29, 1.82) is 0 Å². The summed E-state index contributed by atoms with van der Waals surface area (Å²) in [5, 5.41) is 0. The van der Waals surface area contributed by atoms with Gasteiger partial charge in [0.25, 0.3) is 0 Å². The number of Topliss-reactive ketones (excluding diaryl/α,β-unsaturated/α-hetero) is 1. The monoisotopic (exact) mass is 361 g/mol. The summed E-state index contributed by atoms with van der Waals surface area (Å²) in [5.41, 5.74) is 1.79. The molecule has 27 heavy (non-hydrogen) atoms. The third-order valence-electron chi connectivity index (χ3n) is 4.56. The third-order valence-corrected chi connectivity index (χ3v) is 4.56. The molecule has 5 heteroatoms. The summed E-state index contributed by atoms with van der Waals surface area (Å²) in [6.45, 7) is 0. The van der Waals surface area contributed by atoms with Crippen LogP contribution in [0.15, 0.2) is 78.9 Å². The number of carbonyl (C=O) groups is 2. The molecular formula is C22H16FNO3. The Morgan fingerprint density at radius 1 is 0.926 bits per heavy atom. The fourth-order valence-electron chi connectivity index (χ4n) is 3.26. The van der Waals surface area contributed by atoms with Crippen LogP contribution in [0.2, 0.25) is 0 Å². The molecule has 0 spiro atoms. The molecule has 134 valence electrons. The number of anilines is 1. The number of nitrogens with zero attached hydrogens (tertiary/aromatic N) is 1. The summed E-state index contributed by atoms with van der Waals surface area (Å²) in [6.07, 6.45) is -0.501. The molecule has 0 saturated heterocycles. The Bertz CT molecular complexity index is 986. The van der Waals surface area contributed by atoms with E-state index in [0.717, 1.165) is 5.56 Å². The Balaban J connectivity index is 1.75. The van der Waals surface area contributed by atoms with Crippen LogP contribution in [0.25, 0.3) is 0 Å². The van der Waals surface area contributed by atoms with Gasteiger partial charge in [-0.2, -0.15) is 0 Å². The molecule has 1 aliphatic rings. The molecule has 3 aromatic carbocycles. The van der Waals surface area contributed by atoms with Crippen LogP contribution in [0.5, 0.6) is 5.75 Å². The highest BCUT2D eigenvalue weighted by molar-refractivity contribution is 5.99. The molecule has 0 fully saturated rings. The van der Waals surface area contributed by atoms with Crippen LogP contribution in [0, 0.1) is 5.82 Å². The average molecular weight is 361 g/mol. The maximum absolute atomic E-state index is 13.3. The maximum Gasteiger partial charge on any atom is 0.420 e. The van der Waals surface area contributed by atoms with E-state index in [0.29, 0.717) is 17.0 Å². The molecule has 1 aliphatic heterocycles. The number of halogens is 1. The number of carbonyl (C=O) groups excluding carboxylic acids is 2. The van der Waals surface area contributed by atoms with Crippen molar-refractivity contribution in [3.8, 4) is 5.75 Å². The number of hydrogen-bond acceptors (Lipinski definition) is 3. The van der Waals surface area contributed by atoms with Gasteiger partial charge in [-0.25, -0.2) is 9.18 Å². The van der Waals surface area contributed by atoms with Gasteiger partial charge in [0.05, 0.1) is 6.04 Å². The normalized spacial score (nSPS) is 15.8. The average Bonchev–Trinajstić information content (AvgIpc) is 2.69. The highest BCUT2D eigenvalue weighted by atomic mass is 19.1. The molecule has 0 radical (unpaired) electrons. The Morgan fingerprint density at radius 3 is 2.33 bits per heavy atom. The molecule has 0 bridgehead atoms. The minimum Gasteiger partial charge on any atom is -0.410 e. The first-order valence-corrected chi connectivity index (χ1v) is 8.57. The van der Waals surface area contributed by atoms with Gasteiger partial charge in [-0.05, 0) is 30.3 Å². The summed E-state index contributed by atoms with van der Waals surface area (Å²) < 4.78 is 18.8. The minimum atomic E-state index is -0.592. The summed E-state index contributed by atoms with van der Waals surface area (Å²) in [4.78, 5) is 26.9. The molecule has 4 nitrogen and oxygen atoms in total. The molecule has 0 N–H and O–H groups in total. The van der Waals surface area contributed by atoms with E-state index in [1.165, 1.54) is 29.2 Å². The summed E-state index contributed by atoms with van der Waals surface area (Å²) in [5.74, 6) is -0.0506. The van der Waals surface area contributed by atoms with Gasteiger partial charge >= 0.3 is 6.09 Å². The van der Waals surface area contributed by atoms with Gasteiger partial charge in [-0.15, -0.1) is 0 Å². The predicted octanol–water partition coefficient (Wildman–Crippen LogP) is 5.16. The zero-order valence-electron chi connectivity index (χ0n) is 14.3. The third kappa shape index (κ3) is 3.31. The van der Waals surface area contributed by atoms with Gasteiger partial charge in [0.15, 0.2) is 5.78 Å². The predicted molar refractivity (Wildman–Crippen MR) is 99.5 cm³/mol. The fraction of sp³-hybridized carbons (Fsp3) is 0.0909. The highest BCUT2D eigenvalue weighted by Gasteiger charge is 2.36. The van der Waals surface area contributed by atoms with Gasteiger partial charge in [-0.3, -0.25) is 9.69 Å². The lowest BCUT2D eigenvalue weighted by Gasteiger charge is -2.35. The number of hydrogen-bond donors (Lipinski definition) is 0. The smallest absolute Gasteiger partial charge is 0.410 e. The van der Waals surface area contributed by atoms with Crippen LogP contribution in [0.3, 0.4) is 0 Å². The van der Waals surface area contributed by atoms with Crippen LogP contribution in [-0.2, 0) is 0 Å². The van der Waals surface area contributed by atoms with E-state index in [1.54, 1.807) is 36.4 Å². The Labute approximate surface area is 155 Å². The second kappa shape index (κ2) is 7.03. The van der Waals surface area contributed by atoms with Crippen molar-refractivity contribution in [1.82, 2.24) is 0 Å². The van der Waals surface area contributed by atoms with Gasteiger partial charge in [0.1, 0.15) is 11.6 Å². The molecule has 0 aliphatic carbocycles. The molecule has 1 heterocycles. The van der Waals surface area contributed by atoms with Gasteiger partial charge in [0, 0.05) is 23.2 Å². The number of fused-ring (bicyclic) bond motifs is 1. The minimum absolute atomic E-state index is 0.0859. The summed E-state index contributed by atoms with van der Waals surface area (Å²) in [7, 11) is 0. The van der Waals surface area contributed by atoms with Crippen LogP contribution < -0.4 is 9.64 Å².